The average Bonchev–Trinajstić information content (AvgIpc) is 3.60. The maximum absolute atomic E-state index is 6.70. The van der Waals surface area contributed by atoms with E-state index < -0.39 is 8.07 Å². The van der Waals surface area contributed by atoms with E-state index in [2.05, 4.69) is 180 Å². The first-order chi connectivity index (χ1) is 27.0. The second-order valence-corrected chi connectivity index (χ2v) is 21.8. The molecular formula is C52H48IrN2OSi-2. The van der Waals surface area contributed by atoms with Crippen LogP contribution in [0.5, 0.6) is 0 Å². The third-order valence-electron chi connectivity index (χ3n) is 11.0. The summed E-state index contributed by atoms with van der Waals surface area (Å²) in [6.07, 6.45) is 5.13. The van der Waals surface area contributed by atoms with Gasteiger partial charge in [0.05, 0.1) is 13.7 Å². The molecule has 0 aliphatic carbocycles. The van der Waals surface area contributed by atoms with Crippen LogP contribution in [-0.4, -0.2) is 18.0 Å². The molecule has 0 spiro atoms. The number of fused-ring (bicyclic) bond motifs is 7. The van der Waals surface area contributed by atoms with E-state index in [1.807, 2.05) is 30.5 Å². The van der Waals surface area contributed by atoms with Gasteiger partial charge in [-0.15, -0.1) is 54.1 Å². The van der Waals surface area contributed by atoms with E-state index >= 15 is 0 Å². The Morgan fingerprint density at radius 1 is 0.649 bits per heavy atom. The third-order valence-corrected chi connectivity index (χ3v) is 13.0. The van der Waals surface area contributed by atoms with Crippen LogP contribution in [-0.2, 0) is 31.9 Å². The van der Waals surface area contributed by atoms with Gasteiger partial charge in [-0.05, 0) is 62.3 Å². The minimum absolute atomic E-state index is 0. The molecule has 0 bridgehead atoms. The SMILES string of the molecule is CC(C)(c1ccccc1)c1ccnc(-c2[c-]ccc3c2oc2c3ccc3ccc4ccccc4c32)c1.CC(C)Cc1cc(-c2[c-]cccc2)ncc1[Si](C)(C)C.[Ir]. The minimum atomic E-state index is -1.34. The summed E-state index contributed by atoms with van der Waals surface area (Å²) in [4.78, 5) is 9.44. The second-order valence-electron chi connectivity index (χ2n) is 16.8. The molecule has 9 rings (SSSR count). The first-order valence-electron chi connectivity index (χ1n) is 19.7. The molecule has 0 fully saturated rings. The summed E-state index contributed by atoms with van der Waals surface area (Å²) in [7, 11) is -1.34. The van der Waals surface area contributed by atoms with Crippen LogP contribution in [0.2, 0.25) is 19.6 Å². The van der Waals surface area contributed by atoms with Gasteiger partial charge in [-0.1, -0.05) is 155 Å². The zero-order chi connectivity index (χ0) is 39.0. The van der Waals surface area contributed by atoms with E-state index in [0.29, 0.717) is 5.92 Å². The van der Waals surface area contributed by atoms with Crippen molar-refractivity contribution >= 4 is 56.7 Å². The number of hydrogen-bond donors (Lipinski definition) is 0. The molecule has 0 N–H and O–H groups in total. The number of nitrogens with zero attached hydrogens (tertiary/aromatic N) is 2. The summed E-state index contributed by atoms with van der Waals surface area (Å²) in [5, 5.41) is 8.44. The van der Waals surface area contributed by atoms with Crippen molar-refractivity contribution < 1.29 is 24.5 Å². The number of rotatable bonds is 7. The molecule has 0 unspecified atom stereocenters. The van der Waals surface area contributed by atoms with Gasteiger partial charge in [0.25, 0.3) is 0 Å². The first kappa shape index (κ1) is 40.0. The van der Waals surface area contributed by atoms with Crippen LogP contribution in [0.15, 0.2) is 150 Å². The Morgan fingerprint density at radius 3 is 2.12 bits per heavy atom. The summed E-state index contributed by atoms with van der Waals surface area (Å²) < 4.78 is 6.70. The quantitative estimate of drug-likeness (QED) is 0.0908. The van der Waals surface area contributed by atoms with E-state index in [1.54, 1.807) is 0 Å². The smallest absolute Gasteiger partial charge is 0.129 e. The van der Waals surface area contributed by atoms with Gasteiger partial charge in [-0.3, -0.25) is 0 Å². The molecule has 0 aliphatic rings. The van der Waals surface area contributed by atoms with E-state index in [0.717, 1.165) is 56.3 Å². The second kappa shape index (κ2) is 16.3. The van der Waals surface area contributed by atoms with Crippen LogP contribution >= 0.6 is 0 Å². The van der Waals surface area contributed by atoms with Crippen molar-refractivity contribution in [3.8, 4) is 22.5 Å². The number of furan rings is 1. The van der Waals surface area contributed by atoms with Crippen LogP contribution in [0.3, 0.4) is 0 Å². The van der Waals surface area contributed by atoms with Gasteiger partial charge in [0.2, 0.25) is 0 Å². The van der Waals surface area contributed by atoms with E-state index in [-0.39, 0.29) is 25.5 Å². The van der Waals surface area contributed by atoms with Crippen LogP contribution in [0.1, 0.15) is 44.4 Å². The fourth-order valence-electron chi connectivity index (χ4n) is 7.94. The topological polar surface area (TPSA) is 38.9 Å². The molecule has 6 aromatic carbocycles. The number of hydrogen-bond acceptors (Lipinski definition) is 3. The van der Waals surface area contributed by atoms with Gasteiger partial charge in [-0.25, -0.2) is 0 Å². The summed E-state index contributed by atoms with van der Waals surface area (Å²) in [6.45, 7) is 16.2. The van der Waals surface area contributed by atoms with Gasteiger partial charge in [0.15, 0.2) is 0 Å². The zero-order valence-electron chi connectivity index (χ0n) is 33.8. The van der Waals surface area contributed by atoms with Gasteiger partial charge >= 0.3 is 0 Å². The molecule has 0 amide bonds. The Morgan fingerprint density at radius 2 is 1.37 bits per heavy atom. The number of aromatic nitrogens is 2. The monoisotopic (exact) mass is 937 g/mol. The number of pyridine rings is 2. The summed E-state index contributed by atoms with van der Waals surface area (Å²) >= 11 is 0. The van der Waals surface area contributed by atoms with Gasteiger partial charge in [0.1, 0.15) is 5.58 Å². The maximum Gasteiger partial charge on any atom is 0.129 e. The Balaban J connectivity index is 0.000000202. The molecule has 3 heterocycles. The van der Waals surface area contributed by atoms with Crippen LogP contribution < -0.4 is 5.19 Å². The van der Waals surface area contributed by atoms with Gasteiger partial charge < -0.3 is 14.4 Å². The van der Waals surface area contributed by atoms with Crippen molar-refractivity contribution in [2.24, 2.45) is 5.92 Å². The van der Waals surface area contributed by atoms with E-state index in [4.69, 9.17) is 9.40 Å². The fourth-order valence-corrected chi connectivity index (χ4v) is 9.52. The molecular weight excluding hydrogens is 889 g/mol. The summed E-state index contributed by atoms with van der Waals surface area (Å²) in [6, 6.07) is 53.2. The zero-order valence-corrected chi connectivity index (χ0v) is 37.2. The minimum Gasteiger partial charge on any atom is -0.500 e. The maximum atomic E-state index is 6.70. The Hall–Kier alpha value is -5.19. The van der Waals surface area contributed by atoms with Crippen LogP contribution in [0.25, 0.3) is 66.0 Å². The van der Waals surface area contributed by atoms with Crippen molar-refractivity contribution in [1.82, 2.24) is 9.97 Å². The Bertz CT molecular complexity index is 2820. The normalized spacial score (nSPS) is 11.9. The first-order valence-corrected chi connectivity index (χ1v) is 23.2. The average molecular weight is 937 g/mol. The Labute approximate surface area is 351 Å². The molecule has 57 heavy (non-hydrogen) atoms. The number of benzene rings is 6. The van der Waals surface area contributed by atoms with E-state index in [9.17, 15) is 0 Å². The summed E-state index contributed by atoms with van der Waals surface area (Å²) in [5.41, 5.74) is 9.43. The molecule has 5 heteroatoms. The van der Waals surface area contributed by atoms with Crippen LogP contribution in [0, 0.1) is 18.1 Å². The van der Waals surface area contributed by atoms with Gasteiger partial charge in [-0.2, -0.15) is 0 Å². The molecule has 287 valence electrons. The van der Waals surface area contributed by atoms with Crippen LogP contribution in [0.4, 0.5) is 0 Å². The van der Waals surface area contributed by atoms with Crippen molar-refractivity contribution in [3.63, 3.8) is 0 Å². The molecule has 1 radical (unpaired) electrons. The molecule has 3 nitrogen and oxygen atoms in total. The van der Waals surface area contributed by atoms with Crippen molar-refractivity contribution in [3.05, 3.63) is 175 Å². The molecule has 0 saturated carbocycles. The van der Waals surface area contributed by atoms with Crippen molar-refractivity contribution in [2.75, 3.05) is 0 Å². The predicted octanol–water partition coefficient (Wildman–Crippen LogP) is 13.4. The molecule has 0 saturated heterocycles. The third kappa shape index (κ3) is 8.02. The van der Waals surface area contributed by atoms with Crippen molar-refractivity contribution in [2.45, 2.75) is 59.2 Å². The fraction of sp³-hybridized carbons (Fsp3) is 0.192. The molecule has 3 aromatic heterocycles. The Kier molecular flexibility index (Phi) is 11.5. The molecule has 9 aromatic rings. The van der Waals surface area contributed by atoms with E-state index in [1.165, 1.54) is 38.0 Å². The predicted molar refractivity (Wildman–Crippen MR) is 239 cm³/mol. The standard InChI is InChI=1S/C34H24NO.C18H24NSi.Ir/c1-34(2,24-10-4-3-5-11-24)25-19-20-35-30(21-25)29-14-8-13-27-28-18-17-23-16-15-22-9-6-7-12-26(22)31(23)33(28)36-32(27)29;1-14(2)11-16-12-17(15-9-7-6-8-10-15)19-13-18(16)20(3,4)5;/h3-13,15-21H,1-2H3;6-9,12-14H,11H2,1-5H3;/q2*-1;. The molecule has 0 aliphatic heterocycles. The van der Waals surface area contributed by atoms with Gasteiger partial charge in [0, 0.05) is 48.7 Å². The molecule has 0 atom stereocenters. The van der Waals surface area contributed by atoms with Crippen molar-refractivity contribution in [1.29, 1.82) is 0 Å². The largest absolute Gasteiger partial charge is 0.500 e. The summed E-state index contributed by atoms with van der Waals surface area (Å²) in [5.74, 6) is 0.667.